The van der Waals surface area contributed by atoms with Gasteiger partial charge in [0.1, 0.15) is 5.82 Å². The molecule has 0 amide bonds. The molecule has 0 aliphatic heterocycles. The van der Waals surface area contributed by atoms with E-state index < -0.39 is 0 Å². The summed E-state index contributed by atoms with van der Waals surface area (Å²) in [6, 6.07) is 65.4. The number of benzene rings is 7. The van der Waals surface area contributed by atoms with Crippen LogP contribution in [0.1, 0.15) is 34.9 Å². The SMILES string of the molecule is N#Cc1ccc(-c2cc(-c3ccccc3)nc(-c3ccc(-c4cccc5c(C6=CCC(c7nc(-c8ccccc8)cc(-c8ccc(C#N)cc8)n7)C=C6)cccc45)cc3)n2)cc1. The summed E-state index contributed by atoms with van der Waals surface area (Å²) >= 11 is 0. The Morgan fingerprint density at radius 1 is 0.419 bits per heavy atom. The summed E-state index contributed by atoms with van der Waals surface area (Å²) < 4.78 is 0. The van der Waals surface area contributed by atoms with Crippen molar-refractivity contribution in [3.63, 3.8) is 0 Å². The third-order valence-electron chi connectivity index (χ3n) is 11.3. The lowest BCUT2D eigenvalue weighted by Crippen LogP contribution is -2.06. The second-order valence-electron chi connectivity index (χ2n) is 15.2. The first-order valence-corrected chi connectivity index (χ1v) is 20.5. The van der Waals surface area contributed by atoms with Gasteiger partial charge in [0.15, 0.2) is 5.82 Å². The number of nitriles is 2. The fourth-order valence-electron chi connectivity index (χ4n) is 8.07. The third-order valence-corrected chi connectivity index (χ3v) is 11.3. The van der Waals surface area contributed by atoms with Crippen molar-refractivity contribution in [2.24, 2.45) is 0 Å². The molecule has 9 aromatic rings. The highest BCUT2D eigenvalue weighted by atomic mass is 14.9. The summed E-state index contributed by atoms with van der Waals surface area (Å²) in [6.07, 6.45) is 7.50. The van der Waals surface area contributed by atoms with Gasteiger partial charge in [-0.15, -0.1) is 0 Å². The largest absolute Gasteiger partial charge is 0.232 e. The smallest absolute Gasteiger partial charge is 0.160 e. The summed E-state index contributed by atoms with van der Waals surface area (Å²) in [6.45, 7) is 0. The Morgan fingerprint density at radius 2 is 0.871 bits per heavy atom. The first-order chi connectivity index (χ1) is 30.6. The van der Waals surface area contributed by atoms with Crippen molar-refractivity contribution in [1.29, 1.82) is 10.5 Å². The average molecular weight is 793 g/mol. The number of nitrogens with zero attached hydrogens (tertiary/aromatic N) is 6. The summed E-state index contributed by atoms with van der Waals surface area (Å²) in [5, 5.41) is 21.1. The Bertz CT molecular complexity index is 3250. The molecule has 1 unspecified atom stereocenters. The van der Waals surface area contributed by atoms with Gasteiger partial charge in [-0.3, -0.25) is 0 Å². The van der Waals surface area contributed by atoms with Crippen molar-refractivity contribution in [1.82, 2.24) is 19.9 Å². The van der Waals surface area contributed by atoms with Gasteiger partial charge in [-0.1, -0.05) is 164 Å². The fourth-order valence-corrected chi connectivity index (χ4v) is 8.07. The van der Waals surface area contributed by atoms with Crippen molar-refractivity contribution in [3.05, 3.63) is 223 Å². The lowest BCUT2D eigenvalue weighted by molar-refractivity contribution is 0.777. The Morgan fingerprint density at radius 3 is 1.37 bits per heavy atom. The van der Waals surface area contributed by atoms with E-state index in [4.69, 9.17) is 19.9 Å². The van der Waals surface area contributed by atoms with E-state index in [9.17, 15) is 10.5 Å². The van der Waals surface area contributed by atoms with Crippen molar-refractivity contribution in [2.75, 3.05) is 0 Å². The second-order valence-corrected chi connectivity index (χ2v) is 15.2. The number of aromatic nitrogens is 4. The molecule has 0 fully saturated rings. The molecule has 290 valence electrons. The molecule has 10 rings (SSSR count). The van der Waals surface area contributed by atoms with Gasteiger partial charge in [0.25, 0.3) is 0 Å². The van der Waals surface area contributed by atoms with E-state index in [1.807, 2.05) is 97.1 Å². The van der Waals surface area contributed by atoms with Crippen LogP contribution in [0.3, 0.4) is 0 Å². The standard InChI is InChI=1S/C56H36N6/c57-35-37-17-21-43(22-18-37)53-33-51(41-9-3-1-4-10-41)59-55(61-53)45-29-25-39(26-30-45)47-13-7-16-50-48(14-8-15-49(47)50)40-27-31-46(32-28-40)56-60-52(42-11-5-2-6-12-42)34-54(62-56)44-23-19-38(36-58)20-24-44/h1-31,33-34,46H,32H2. The summed E-state index contributed by atoms with van der Waals surface area (Å²) in [7, 11) is 0. The summed E-state index contributed by atoms with van der Waals surface area (Å²) in [5.41, 5.74) is 14.0. The van der Waals surface area contributed by atoms with E-state index in [0.717, 1.165) is 74.0 Å². The normalized spacial score (nSPS) is 13.3. The summed E-state index contributed by atoms with van der Waals surface area (Å²) in [5.74, 6) is 1.40. The van der Waals surface area contributed by atoms with Gasteiger partial charge in [0.05, 0.1) is 46.0 Å². The topological polar surface area (TPSA) is 99.1 Å². The molecule has 0 N–H and O–H groups in total. The number of allylic oxidation sites excluding steroid dienone is 4. The average Bonchev–Trinajstić information content (AvgIpc) is 3.36. The first kappa shape index (κ1) is 37.7. The molecule has 0 spiro atoms. The quantitative estimate of drug-likeness (QED) is 0.152. The lowest BCUT2D eigenvalue weighted by Gasteiger charge is -2.19. The second kappa shape index (κ2) is 16.6. The van der Waals surface area contributed by atoms with Crippen LogP contribution in [0.4, 0.5) is 0 Å². The van der Waals surface area contributed by atoms with Gasteiger partial charge in [-0.2, -0.15) is 10.5 Å². The zero-order valence-electron chi connectivity index (χ0n) is 33.5. The van der Waals surface area contributed by atoms with Crippen LogP contribution in [-0.2, 0) is 0 Å². The molecule has 1 aliphatic rings. The van der Waals surface area contributed by atoms with Gasteiger partial charge in [-0.25, -0.2) is 19.9 Å². The molecule has 62 heavy (non-hydrogen) atoms. The van der Waals surface area contributed by atoms with Gasteiger partial charge in [-0.05, 0) is 75.9 Å². The van der Waals surface area contributed by atoms with Crippen LogP contribution in [0.2, 0.25) is 0 Å². The minimum atomic E-state index is 0.00107. The van der Waals surface area contributed by atoms with Crippen LogP contribution in [0.15, 0.2) is 200 Å². The molecular weight excluding hydrogens is 757 g/mol. The van der Waals surface area contributed by atoms with E-state index in [-0.39, 0.29) is 5.92 Å². The van der Waals surface area contributed by atoms with Crippen LogP contribution in [-0.4, -0.2) is 19.9 Å². The summed E-state index contributed by atoms with van der Waals surface area (Å²) in [4.78, 5) is 20.2. The highest BCUT2D eigenvalue weighted by molar-refractivity contribution is 6.03. The van der Waals surface area contributed by atoms with Crippen LogP contribution < -0.4 is 0 Å². The first-order valence-electron chi connectivity index (χ1n) is 20.5. The highest BCUT2D eigenvalue weighted by Crippen LogP contribution is 2.38. The van der Waals surface area contributed by atoms with Crippen molar-refractivity contribution in [2.45, 2.75) is 12.3 Å². The Hall–Kier alpha value is -8.58. The maximum atomic E-state index is 9.36. The molecule has 7 aromatic carbocycles. The molecule has 0 bridgehead atoms. The van der Waals surface area contributed by atoms with E-state index in [1.54, 1.807) is 0 Å². The Labute approximate surface area is 360 Å². The number of hydrogen-bond acceptors (Lipinski definition) is 6. The van der Waals surface area contributed by atoms with E-state index >= 15 is 0 Å². The zero-order chi connectivity index (χ0) is 41.8. The van der Waals surface area contributed by atoms with E-state index in [1.165, 1.54) is 21.9 Å². The van der Waals surface area contributed by atoms with Crippen LogP contribution in [0.5, 0.6) is 0 Å². The predicted octanol–water partition coefficient (Wildman–Crippen LogP) is 13.3. The molecule has 2 heterocycles. The van der Waals surface area contributed by atoms with Gasteiger partial charge in [0.2, 0.25) is 0 Å². The zero-order valence-corrected chi connectivity index (χ0v) is 33.5. The number of fused-ring (bicyclic) bond motifs is 1. The van der Waals surface area contributed by atoms with Gasteiger partial charge in [0, 0.05) is 33.7 Å². The molecule has 1 atom stereocenters. The predicted molar refractivity (Wildman–Crippen MR) is 248 cm³/mol. The van der Waals surface area contributed by atoms with E-state index in [2.05, 4.69) is 115 Å². The molecule has 2 aromatic heterocycles. The van der Waals surface area contributed by atoms with Crippen molar-refractivity contribution >= 4 is 16.3 Å². The van der Waals surface area contributed by atoms with Gasteiger partial charge >= 0.3 is 0 Å². The number of hydrogen-bond donors (Lipinski definition) is 0. The van der Waals surface area contributed by atoms with Crippen LogP contribution >= 0.6 is 0 Å². The number of rotatable bonds is 8. The monoisotopic (exact) mass is 792 g/mol. The van der Waals surface area contributed by atoms with Crippen LogP contribution in [0.25, 0.3) is 83.9 Å². The molecule has 6 heteroatoms. The lowest BCUT2D eigenvalue weighted by atomic mass is 9.88. The highest BCUT2D eigenvalue weighted by Gasteiger charge is 2.20. The third kappa shape index (κ3) is 7.57. The molecule has 6 nitrogen and oxygen atoms in total. The Balaban J connectivity index is 0.949. The van der Waals surface area contributed by atoms with Crippen LogP contribution in [0, 0.1) is 22.7 Å². The van der Waals surface area contributed by atoms with Crippen molar-refractivity contribution < 1.29 is 0 Å². The molecule has 0 saturated heterocycles. The molecule has 1 aliphatic carbocycles. The maximum Gasteiger partial charge on any atom is 0.160 e. The Kier molecular flexibility index (Phi) is 10.1. The van der Waals surface area contributed by atoms with Gasteiger partial charge < -0.3 is 0 Å². The minimum Gasteiger partial charge on any atom is -0.232 e. The fraction of sp³-hybridized carbons (Fsp3) is 0.0357. The maximum absolute atomic E-state index is 9.36. The molecule has 0 radical (unpaired) electrons. The molecular formula is C56H36N6. The van der Waals surface area contributed by atoms with Crippen molar-refractivity contribution in [3.8, 4) is 79.7 Å². The molecule has 0 saturated carbocycles. The van der Waals surface area contributed by atoms with E-state index in [0.29, 0.717) is 17.0 Å². The minimum absolute atomic E-state index is 0.00107.